The number of hydrogen-bond acceptors (Lipinski definition) is 5. The lowest BCUT2D eigenvalue weighted by molar-refractivity contribution is -0.131. The van der Waals surface area contributed by atoms with Gasteiger partial charge in [0.25, 0.3) is 0 Å². The molecule has 8 heteroatoms. The van der Waals surface area contributed by atoms with E-state index in [0.717, 1.165) is 12.8 Å². The summed E-state index contributed by atoms with van der Waals surface area (Å²) in [7, 11) is 0. The van der Waals surface area contributed by atoms with Crippen LogP contribution in [0.25, 0.3) is 0 Å². The molecule has 3 aromatic rings. The highest BCUT2D eigenvalue weighted by atomic mass is 19.1. The van der Waals surface area contributed by atoms with E-state index in [1.807, 2.05) is 0 Å². The number of benzene rings is 2. The Kier molecular flexibility index (Phi) is 6.02. The minimum atomic E-state index is -0.359. The van der Waals surface area contributed by atoms with Gasteiger partial charge in [0.1, 0.15) is 23.4 Å². The van der Waals surface area contributed by atoms with Crippen molar-refractivity contribution in [2.75, 3.05) is 13.2 Å². The van der Waals surface area contributed by atoms with Crippen LogP contribution in [0.1, 0.15) is 36.2 Å². The van der Waals surface area contributed by atoms with Crippen LogP contribution in [0, 0.1) is 11.6 Å². The molecule has 0 saturated carbocycles. The minimum Gasteiger partial charge on any atom is -0.493 e. The van der Waals surface area contributed by atoms with Crippen LogP contribution in [-0.2, 0) is 17.6 Å². The lowest BCUT2D eigenvalue weighted by Crippen LogP contribution is -2.32. The summed E-state index contributed by atoms with van der Waals surface area (Å²) >= 11 is 0. The maximum Gasteiger partial charge on any atom is 0.249 e. The van der Waals surface area contributed by atoms with Crippen LogP contribution in [-0.4, -0.2) is 34.1 Å². The van der Waals surface area contributed by atoms with Gasteiger partial charge in [-0.25, -0.2) is 8.78 Å². The van der Waals surface area contributed by atoms with Gasteiger partial charge in [0.05, 0.1) is 13.0 Å². The summed E-state index contributed by atoms with van der Waals surface area (Å²) in [6.45, 7) is 0.918. The quantitative estimate of drug-likeness (QED) is 0.588. The Morgan fingerprint density at radius 1 is 1.17 bits per heavy atom. The van der Waals surface area contributed by atoms with Crippen molar-refractivity contribution in [1.29, 1.82) is 0 Å². The van der Waals surface area contributed by atoms with E-state index >= 15 is 0 Å². The fraction of sp³-hybridized carbons (Fsp3) is 0.318. The zero-order valence-corrected chi connectivity index (χ0v) is 16.3. The molecule has 4 rings (SSSR count). The topological polar surface area (TPSA) is 68.5 Å². The molecule has 6 nitrogen and oxygen atoms in total. The third-order valence-corrected chi connectivity index (χ3v) is 4.99. The summed E-state index contributed by atoms with van der Waals surface area (Å²) in [6, 6.07) is 11.5. The van der Waals surface area contributed by atoms with Crippen LogP contribution in [0.15, 0.2) is 53.1 Å². The van der Waals surface area contributed by atoms with Gasteiger partial charge in [-0.05, 0) is 54.8 Å². The highest BCUT2D eigenvalue weighted by Crippen LogP contribution is 2.31. The molecule has 156 valence electrons. The van der Waals surface area contributed by atoms with Crippen molar-refractivity contribution in [2.45, 2.75) is 31.7 Å². The van der Waals surface area contributed by atoms with E-state index in [2.05, 4.69) is 10.1 Å². The Bertz CT molecular complexity index is 1010. The van der Waals surface area contributed by atoms with Crippen LogP contribution < -0.4 is 4.74 Å². The monoisotopic (exact) mass is 413 g/mol. The van der Waals surface area contributed by atoms with Gasteiger partial charge in [-0.2, -0.15) is 4.98 Å². The number of ether oxygens (including phenoxy) is 1. The number of aromatic nitrogens is 2. The largest absolute Gasteiger partial charge is 0.493 e. The highest BCUT2D eigenvalue weighted by Gasteiger charge is 2.33. The molecule has 1 fully saturated rings. The molecule has 0 aliphatic carbocycles. The zero-order chi connectivity index (χ0) is 20.9. The number of amides is 1. The number of halogens is 2. The van der Waals surface area contributed by atoms with Crippen LogP contribution in [0.3, 0.4) is 0 Å². The van der Waals surface area contributed by atoms with Gasteiger partial charge < -0.3 is 14.2 Å². The fourth-order valence-electron chi connectivity index (χ4n) is 3.54. The number of likely N-dealkylation sites (tertiary alicyclic amines) is 1. The summed E-state index contributed by atoms with van der Waals surface area (Å²) < 4.78 is 37.3. The zero-order valence-electron chi connectivity index (χ0n) is 16.3. The summed E-state index contributed by atoms with van der Waals surface area (Å²) in [6.07, 6.45) is 2.12. The van der Waals surface area contributed by atoms with Crippen molar-refractivity contribution in [1.82, 2.24) is 15.0 Å². The Hall–Kier alpha value is -3.29. The van der Waals surface area contributed by atoms with Crippen molar-refractivity contribution in [3.05, 3.63) is 77.4 Å². The second-order valence-corrected chi connectivity index (χ2v) is 7.15. The first-order valence-corrected chi connectivity index (χ1v) is 9.83. The Labute approximate surface area is 172 Å². The molecule has 2 heterocycles. The standard InChI is InChI=1S/C22H21F2N3O3/c23-16-6-8-18(9-7-16)29-12-10-20-25-22(30-26-20)19-5-2-11-27(19)21(28)14-15-3-1-4-17(24)13-15/h1,3-4,6-9,13,19H,2,5,10-12,14H2. The van der Waals surface area contributed by atoms with E-state index in [1.54, 1.807) is 29.2 Å². The van der Waals surface area contributed by atoms with E-state index in [4.69, 9.17) is 9.26 Å². The van der Waals surface area contributed by atoms with E-state index in [-0.39, 0.29) is 30.0 Å². The van der Waals surface area contributed by atoms with Gasteiger partial charge >= 0.3 is 0 Å². The van der Waals surface area contributed by atoms with Crippen molar-refractivity contribution in [3.63, 3.8) is 0 Å². The summed E-state index contributed by atoms with van der Waals surface area (Å²) in [5.74, 6) is 0.668. The molecule has 1 amide bonds. The number of rotatable bonds is 7. The van der Waals surface area contributed by atoms with Gasteiger partial charge in [-0.15, -0.1) is 0 Å². The average Bonchev–Trinajstić information content (AvgIpc) is 3.39. The van der Waals surface area contributed by atoms with E-state index in [1.165, 1.54) is 24.3 Å². The first-order chi connectivity index (χ1) is 14.6. The molecular formula is C22H21F2N3O3. The summed E-state index contributed by atoms with van der Waals surface area (Å²) in [5, 5.41) is 3.98. The third kappa shape index (κ3) is 4.82. The van der Waals surface area contributed by atoms with Gasteiger partial charge in [0.15, 0.2) is 5.82 Å². The van der Waals surface area contributed by atoms with Crippen molar-refractivity contribution >= 4 is 5.91 Å². The molecular weight excluding hydrogens is 392 g/mol. The van der Waals surface area contributed by atoms with E-state index in [9.17, 15) is 13.6 Å². The predicted octanol–water partition coefficient (Wildman–Crippen LogP) is 3.88. The third-order valence-electron chi connectivity index (χ3n) is 4.99. The lowest BCUT2D eigenvalue weighted by atomic mass is 10.1. The first kappa shape index (κ1) is 20.0. The maximum absolute atomic E-state index is 13.4. The second-order valence-electron chi connectivity index (χ2n) is 7.15. The van der Waals surface area contributed by atoms with Gasteiger partial charge in [0.2, 0.25) is 11.8 Å². The lowest BCUT2D eigenvalue weighted by Gasteiger charge is -2.22. The predicted molar refractivity (Wildman–Crippen MR) is 104 cm³/mol. The average molecular weight is 413 g/mol. The number of carbonyl (C=O) groups is 1. The fourth-order valence-corrected chi connectivity index (χ4v) is 3.54. The number of hydrogen-bond donors (Lipinski definition) is 0. The molecule has 0 spiro atoms. The molecule has 1 aliphatic rings. The van der Waals surface area contributed by atoms with Gasteiger partial charge in [0, 0.05) is 13.0 Å². The summed E-state index contributed by atoms with van der Waals surface area (Å²) in [4.78, 5) is 18.9. The number of carbonyl (C=O) groups excluding carboxylic acids is 1. The molecule has 1 aromatic heterocycles. The Morgan fingerprint density at radius 2 is 2.00 bits per heavy atom. The molecule has 1 unspecified atom stereocenters. The smallest absolute Gasteiger partial charge is 0.249 e. The van der Waals surface area contributed by atoms with Crippen molar-refractivity contribution in [2.24, 2.45) is 0 Å². The molecule has 30 heavy (non-hydrogen) atoms. The van der Waals surface area contributed by atoms with Gasteiger partial charge in [-0.3, -0.25) is 4.79 Å². The Morgan fingerprint density at radius 3 is 2.80 bits per heavy atom. The van der Waals surface area contributed by atoms with Crippen LogP contribution in [0.2, 0.25) is 0 Å². The van der Waals surface area contributed by atoms with Crippen LogP contribution in [0.4, 0.5) is 8.78 Å². The van der Waals surface area contributed by atoms with E-state index in [0.29, 0.717) is 42.6 Å². The highest BCUT2D eigenvalue weighted by molar-refractivity contribution is 5.79. The molecule has 0 N–H and O–H groups in total. The molecule has 0 radical (unpaired) electrons. The maximum atomic E-state index is 13.4. The van der Waals surface area contributed by atoms with Gasteiger partial charge in [-0.1, -0.05) is 17.3 Å². The van der Waals surface area contributed by atoms with Crippen molar-refractivity contribution < 1.29 is 22.8 Å². The van der Waals surface area contributed by atoms with Crippen LogP contribution >= 0.6 is 0 Å². The minimum absolute atomic E-state index is 0.0949. The van der Waals surface area contributed by atoms with Crippen LogP contribution in [0.5, 0.6) is 5.75 Å². The SMILES string of the molecule is O=C(Cc1cccc(F)c1)N1CCCC1c1nc(CCOc2ccc(F)cc2)no1. The molecule has 1 atom stereocenters. The molecule has 1 aliphatic heterocycles. The normalized spacial score (nSPS) is 16.1. The first-order valence-electron chi connectivity index (χ1n) is 9.83. The molecule has 0 bridgehead atoms. The molecule has 1 saturated heterocycles. The Balaban J connectivity index is 1.34. The van der Waals surface area contributed by atoms with E-state index < -0.39 is 0 Å². The van der Waals surface area contributed by atoms with Crippen molar-refractivity contribution in [3.8, 4) is 5.75 Å². The molecule has 2 aromatic carbocycles. The second kappa shape index (κ2) is 9.02. The summed E-state index contributed by atoms with van der Waals surface area (Å²) in [5.41, 5.74) is 0.634. The number of nitrogens with zero attached hydrogens (tertiary/aromatic N) is 3.